The lowest BCUT2D eigenvalue weighted by molar-refractivity contribution is 0.473. The van der Waals surface area contributed by atoms with Crippen molar-refractivity contribution < 1.29 is 12.8 Å². The third-order valence-electron chi connectivity index (χ3n) is 4.97. The molecule has 5 nitrogen and oxygen atoms in total. The Bertz CT molecular complexity index is 1090. The van der Waals surface area contributed by atoms with Gasteiger partial charge in [-0.25, -0.2) is 17.8 Å². The third-order valence-corrected chi connectivity index (χ3v) is 7.89. The number of hydrogen-bond donors (Lipinski definition) is 1. The highest BCUT2D eigenvalue weighted by atomic mass is 32.2. The second-order valence-corrected chi connectivity index (χ2v) is 9.93. The first-order valence-corrected chi connectivity index (χ1v) is 11.2. The van der Waals surface area contributed by atoms with Crippen molar-refractivity contribution in [3.63, 3.8) is 0 Å². The van der Waals surface area contributed by atoms with Crippen molar-refractivity contribution in [2.24, 2.45) is 0 Å². The Kier molecular flexibility index (Phi) is 4.95. The van der Waals surface area contributed by atoms with E-state index in [0.717, 1.165) is 16.0 Å². The summed E-state index contributed by atoms with van der Waals surface area (Å²) in [5.74, 6) is -0.306. The van der Waals surface area contributed by atoms with Crippen molar-refractivity contribution in [2.45, 2.75) is 24.2 Å². The van der Waals surface area contributed by atoms with E-state index in [0.29, 0.717) is 35.2 Å². The number of anilines is 1. The van der Waals surface area contributed by atoms with Gasteiger partial charge in [-0.3, -0.25) is 0 Å². The van der Waals surface area contributed by atoms with E-state index in [2.05, 4.69) is 4.98 Å². The number of thiazole rings is 1. The van der Waals surface area contributed by atoms with Crippen LogP contribution in [0.15, 0.2) is 53.4 Å². The number of nitrogens with zero attached hydrogens (tertiary/aromatic N) is 2. The fourth-order valence-corrected chi connectivity index (χ4v) is 5.94. The number of aromatic nitrogens is 1. The zero-order valence-corrected chi connectivity index (χ0v) is 16.9. The minimum atomic E-state index is -3.54. The van der Waals surface area contributed by atoms with Crippen molar-refractivity contribution in [3.05, 3.63) is 64.8 Å². The van der Waals surface area contributed by atoms with E-state index in [-0.39, 0.29) is 11.7 Å². The number of aryl methyl sites for hydroxylation is 1. The fraction of sp³-hybridized carbons (Fsp3) is 0.250. The second-order valence-electron chi connectivity index (χ2n) is 6.93. The minimum absolute atomic E-state index is 0.00933. The number of halogens is 1. The van der Waals surface area contributed by atoms with Crippen molar-refractivity contribution in [2.75, 3.05) is 18.8 Å². The maximum atomic E-state index is 13.3. The molecule has 28 heavy (non-hydrogen) atoms. The molecule has 0 aliphatic carbocycles. The van der Waals surface area contributed by atoms with Crippen molar-refractivity contribution in [1.29, 1.82) is 0 Å². The largest absolute Gasteiger partial charge is 0.375 e. The molecule has 1 atom stereocenters. The van der Waals surface area contributed by atoms with Crippen molar-refractivity contribution in [1.82, 2.24) is 9.29 Å². The third kappa shape index (κ3) is 3.55. The van der Waals surface area contributed by atoms with Gasteiger partial charge in [0, 0.05) is 29.4 Å². The number of nitrogens with two attached hydrogens (primary N) is 1. The Morgan fingerprint density at radius 2 is 1.82 bits per heavy atom. The summed E-state index contributed by atoms with van der Waals surface area (Å²) in [6.45, 7) is 2.75. The molecule has 0 radical (unpaired) electrons. The van der Waals surface area contributed by atoms with E-state index < -0.39 is 10.0 Å². The number of nitrogen functional groups attached to an aromatic ring is 1. The molecule has 0 spiro atoms. The second kappa shape index (κ2) is 7.27. The van der Waals surface area contributed by atoms with Crippen LogP contribution in [0, 0.1) is 12.7 Å². The average Bonchev–Trinajstić information content (AvgIpc) is 3.30. The quantitative estimate of drug-likeness (QED) is 0.696. The van der Waals surface area contributed by atoms with Gasteiger partial charge in [-0.1, -0.05) is 17.7 Å². The van der Waals surface area contributed by atoms with Gasteiger partial charge in [0.2, 0.25) is 10.0 Å². The van der Waals surface area contributed by atoms with Gasteiger partial charge in [-0.2, -0.15) is 4.31 Å². The molecule has 0 amide bonds. The maximum Gasteiger partial charge on any atom is 0.243 e. The van der Waals surface area contributed by atoms with Gasteiger partial charge >= 0.3 is 0 Å². The van der Waals surface area contributed by atoms with Gasteiger partial charge in [0.25, 0.3) is 0 Å². The summed E-state index contributed by atoms with van der Waals surface area (Å²) in [7, 11) is -3.54. The highest BCUT2D eigenvalue weighted by molar-refractivity contribution is 7.89. The molecule has 8 heteroatoms. The SMILES string of the molecule is Cc1ccc(S(=O)(=O)N2CCC(c3sc(N)nc3-c3ccc(F)cc3)C2)cc1. The van der Waals surface area contributed by atoms with Crippen molar-refractivity contribution >= 4 is 26.5 Å². The summed E-state index contributed by atoms with van der Waals surface area (Å²) in [6.07, 6.45) is 0.695. The highest BCUT2D eigenvalue weighted by Crippen LogP contribution is 2.40. The zero-order chi connectivity index (χ0) is 19.9. The predicted octanol–water partition coefficient (Wildman–Crippen LogP) is 4.02. The number of hydrogen-bond acceptors (Lipinski definition) is 5. The molecule has 1 aliphatic rings. The molecular formula is C20H20FN3O2S2. The minimum Gasteiger partial charge on any atom is -0.375 e. The van der Waals surface area contributed by atoms with Gasteiger partial charge in [-0.05, 0) is 49.7 Å². The fourth-order valence-electron chi connectivity index (χ4n) is 3.46. The van der Waals surface area contributed by atoms with Crippen LogP contribution >= 0.6 is 11.3 Å². The van der Waals surface area contributed by atoms with E-state index in [1.165, 1.54) is 27.8 Å². The highest BCUT2D eigenvalue weighted by Gasteiger charge is 2.35. The van der Waals surface area contributed by atoms with Crippen molar-refractivity contribution in [3.8, 4) is 11.3 Å². The van der Waals surface area contributed by atoms with Gasteiger partial charge in [0.15, 0.2) is 5.13 Å². The van der Waals surface area contributed by atoms with E-state index in [4.69, 9.17) is 5.73 Å². The molecule has 1 aromatic heterocycles. The molecule has 2 heterocycles. The topological polar surface area (TPSA) is 76.3 Å². The van der Waals surface area contributed by atoms with Crippen LogP contribution in [0.5, 0.6) is 0 Å². The predicted molar refractivity (Wildman–Crippen MR) is 109 cm³/mol. The lowest BCUT2D eigenvalue weighted by Crippen LogP contribution is -2.28. The van der Waals surface area contributed by atoms with Crippen LogP contribution in [0.3, 0.4) is 0 Å². The summed E-state index contributed by atoms with van der Waals surface area (Å²) in [6, 6.07) is 13.0. The number of sulfonamides is 1. The van der Waals surface area contributed by atoms with Crippen LogP contribution in [0.4, 0.5) is 9.52 Å². The lowest BCUT2D eigenvalue weighted by atomic mass is 10.0. The molecule has 1 saturated heterocycles. The molecule has 1 unspecified atom stereocenters. The Balaban J connectivity index is 1.61. The van der Waals surface area contributed by atoms with Crippen LogP contribution < -0.4 is 5.73 Å². The first-order valence-electron chi connectivity index (χ1n) is 8.93. The standard InChI is InChI=1S/C20H20FN3O2S2/c1-13-2-8-17(9-3-13)28(25,26)24-11-10-15(12-24)19-18(23-20(22)27-19)14-4-6-16(21)7-5-14/h2-9,15H,10-12H2,1H3,(H2,22,23). The Morgan fingerprint density at radius 1 is 1.14 bits per heavy atom. The van der Waals surface area contributed by atoms with Crippen LogP contribution in [0.1, 0.15) is 22.8 Å². The zero-order valence-electron chi connectivity index (χ0n) is 15.3. The Labute approximate surface area is 167 Å². The van der Waals surface area contributed by atoms with Crippen LogP contribution in [0.25, 0.3) is 11.3 Å². The average molecular weight is 418 g/mol. The summed E-state index contributed by atoms with van der Waals surface area (Å²) < 4.78 is 40.7. The Morgan fingerprint density at radius 3 is 2.50 bits per heavy atom. The van der Waals surface area contributed by atoms with Gasteiger partial charge in [0.1, 0.15) is 5.82 Å². The van der Waals surface area contributed by atoms with Gasteiger partial charge in [-0.15, -0.1) is 11.3 Å². The molecule has 2 aromatic carbocycles. The van der Waals surface area contributed by atoms with E-state index in [1.54, 1.807) is 36.4 Å². The van der Waals surface area contributed by atoms with Crippen LogP contribution in [-0.2, 0) is 10.0 Å². The molecule has 146 valence electrons. The lowest BCUT2D eigenvalue weighted by Gasteiger charge is -2.17. The molecule has 0 saturated carbocycles. The number of benzene rings is 2. The van der Waals surface area contributed by atoms with Gasteiger partial charge < -0.3 is 5.73 Å². The first kappa shape index (κ1) is 19.0. The normalized spacial score (nSPS) is 17.9. The van der Waals surface area contributed by atoms with Crippen LogP contribution in [-0.4, -0.2) is 30.8 Å². The molecule has 1 aliphatic heterocycles. The molecule has 2 N–H and O–H groups in total. The summed E-state index contributed by atoms with van der Waals surface area (Å²) in [5.41, 5.74) is 8.45. The van der Waals surface area contributed by atoms with Crippen LogP contribution in [0.2, 0.25) is 0 Å². The monoisotopic (exact) mass is 417 g/mol. The molecular weight excluding hydrogens is 397 g/mol. The molecule has 4 rings (SSSR count). The molecule has 1 fully saturated rings. The summed E-state index contributed by atoms with van der Waals surface area (Å²) in [4.78, 5) is 5.67. The molecule has 0 bridgehead atoms. The van der Waals surface area contributed by atoms with E-state index in [1.807, 2.05) is 6.92 Å². The molecule has 3 aromatic rings. The van der Waals surface area contributed by atoms with E-state index >= 15 is 0 Å². The summed E-state index contributed by atoms with van der Waals surface area (Å²) in [5, 5.41) is 0.425. The summed E-state index contributed by atoms with van der Waals surface area (Å²) >= 11 is 1.37. The number of rotatable bonds is 4. The van der Waals surface area contributed by atoms with E-state index in [9.17, 15) is 12.8 Å². The van der Waals surface area contributed by atoms with Gasteiger partial charge in [0.05, 0.1) is 10.6 Å². The maximum absolute atomic E-state index is 13.3. The smallest absolute Gasteiger partial charge is 0.243 e. The first-order chi connectivity index (χ1) is 13.3. The Hall–Kier alpha value is -2.29.